The standard InChI is InChI=1S/C19H15BrN2O2/c1-11-7-12-8-13(20)9-15-17(12)22(11)10-16(18(15)23)19(24)21-14-5-3-2-4-6-14/h2-6,8-11H,7H2,1H3,(H,21,24)/t11-/m0/s1. The predicted molar refractivity (Wildman–Crippen MR) is 98.7 cm³/mol. The van der Waals surface area contributed by atoms with Gasteiger partial charge >= 0.3 is 0 Å². The number of nitrogens with zero attached hydrogens (tertiary/aromatic N) is 1. The Morgan fingerprint density at radius 1 is 1.25 bits per heavy atom. The van der Waals surface area contributed by atoms with Gasteiger partial charge in [0.05, 0.1) is 5.52 Å². The van der Waals surface area contributed by atoms with Gasteiger partial charge in [-0.15, -0.1) is 0 Å². The van der Waals surface area contributed by atoms with E-state index in [9.17, 15) is 9.59 Å². The number of amides is 1. The molecule has 4 nitrogen and oxygen atoms in total. The van der Waals surface area contributed by atoms with E-state index in [1.807, 2.05) is 28.8 Å². The zero-order chi connectivity index (χ0) is 16.8. The van der Waals surface area contributed by atoms with Crippen molar-refractivity contribution in [1.29, 1.82) is 0 Å². The number of carbonyl (C=O) groups excluding carboxylic acids is 1. The molecule has 5 heteroatoms. The van der Waals surface area contributed by atoms with Gasteiger partial charge in [0.25, 0.3) is 5.91 Å². The van der Waals surface area contributed by atoms with Gasteiger partial charge in [0.1, 0.15) is 5.56 Å². The molecular weight excluding hydrogens is 368 g/mol. The fraction of sp³-hybridized carbons (Fsp3) is 0.158. The second kappa shape index (κ2) is 5.60. The Kier molecular flexibility index (Phi) is 3.53. The molecule has 3 aromatic rings. The van der Waals surface area contributed by atoms with E-state index < -0.39 is 0 Å². The first-order valence-corrected chi connectivity index (χ1v) is 8.57. The van der Waals surface area contributed by atoms with Crippen LogP contribution in [0.3, 0.4) is 0 Å². The van der Waals surface area contributed by atoms with Crippen LogP contribution in [0.2, 0.25) is 0 Å². The summed E-state index contributed by atoms with van der Waals surface area (Å²) in [5.74, 6) is -0.377. The van der Waals surface area contributed by atoms with Gasteiger partial charge in [0.2, 0.25) is 5.43 Å². The van der Waals surface area contributed by atoms with Crippen LogP contribution in [0.15, 0.2) is 57.9 Å². The van der Waals surface area contributed by atoms with Crippen LogP contribution in [0, 0.1) is 0 Å². The van der Waals surface area contributed by atoms with E-state index in [0.29, 0.717) is 11.1 Å². The molecule has 1 atom stereocenters. The summed E-state index contributed by atoms with van der Waals surface area (Å²) >= 11 is 3.47. The van der Waals surface area contributed by atoms with Gasteiger partial charge in [-0.2, -0.15) is 0 Å². The maximum atomic E-state index is 12.9. The van der Waals surface area contributed by atoms with Gasteiger partial charge in [-0.1, -0.05) is 34.1 Å². The average molecular weight is 383 g/mol. The van der Waals surface area contributed by atoms with Crippen molar-refractivity contribution in [2.24, 2.45) is 0 Å². The van der Waals surface area contributed by atoms with E-state index in [4.69, 9.17) is 0 Å². The molecule has 1 aromatic heterocycles. The summed E-state index contributed by atoms with van der Waals surface area (Å²) < 4.78 is 2.90. The molecule has 0 saturated carbocycles. The topological polar surface area (TPSA) is 51.1 Å². The fourth-order valence-electron chi connectivity index (χ4n) is 3.34. The Bertz CT molecular complexity index is 1020. The van der Waals surface area contributed by atoms with Crippen molar-refractivity contribution in [3.05, 3.63) is 74.5 Å². The van der Waals surface area contributed by atoms with Crippen molar-refractivity contribution in [2.75, 3.05) is 5.32 Å². The molecule has 2 heterocycles. The van der Waals surface area contributed by atoms with Crippen LogP contribution in [-0.4, -0.2) is 10.5 Å². The first-order chi connectivity index (χ1) is 11.5. The van der Waals surface area contributed by atoms with Gasteiger partial charge in [-0.3, -0.25) is 9.59 Å². The number of carbonyl (C=O) groups is 1. The van der Waals surface area contributed by atoms with Crippen molar-refractivity contribution < 1.29 is 4.79 Å². The lowest BCUT2D eigenvalue weighted by Gasteiger charge is -2.13. The van der Waals surface area contributed by atoms with Gasteiger partial charge in [-0.05, 0) is 43.2 Å². The largest absolute Gasteiger partial charge is 0.343 e. The molecule has 0 bridgehead atoms. The normalized spacial score (nSPS) is 15.7. The minimum atomic E-state index is -0.377. The number of nitrogens with one attached hydrogen (secondary N) is 1. The minimum absolute atomic E-state index is 0.171. The summed E-state index contributed by atoms with van der Waals surface area (Å²) in [5, 5.41) is 3.38. The van der Waals surface area contributed by atoms with E-state index in [1.54, 1.807) is 24.4 Å². The van der Waals surface area contributed by atoms with E-state index in [1.165, 1.54) is 0 Å². The van der Waals surface area contributed by atoms with Crippen molar-refractivity contribution in [3.63, 3.8) is 0 Å². The Morgan fingerprint density at radius 3 is 2.75 bits per heavy atom. The number of hydrogen-bond acceptors (Lipinski definition) is 2. The van der Waals surface area contributed by atoms with Crippen LogP contribution >= 0.6 is 15.9 Å². The van der Waals surface area contributed by atoms with E-state index in [0.717, 1.165) is 22.0 Å². The molecule has 4 rings (SSSR count). The van der Waals surface area contributed by atoms with Gasteiger partial charge in [0, 0.05) is 27.8 Å². The fourth-order valence-corrected chi connectivity index (χ4v) is 3.85. The Hall–Kier alpha value is -2.40. The molecule has 1 N–H and O–H groups in total. The summed E-state index contributed by atoms with van der Waals surface area (Å²) in [6.07, 6.45) is 2.55. The number of para-hydroxylation sites is 1. The highest BCUT2D eigenvalue weighted by atomic mass is 79.9. The van der Waals surface area contributed by atoms with Crippen molar-refractivity contribution in [3.8, 4) is 0 Å². The highest BCUT2D eigenvalue weighted by Crippen LogP contribution is 2.33. The summed E-state index contributed by atoms with van der Waals surface area (Å²) in [6.45, 7) is 2.09. The summed E-state index contributed by atoms with van der Waals surface area (Å²) in [7, 11) is 0. The van der Waals surface area contributed by atoms with Gasteiger partial charge in [0.15, 0.2) is 0 Å². The van der Waals surface area contributed by atoms with Crippen LogP contribution in [0.25, 0.3) is 10.9 Å². The molecule has 1 aliphatic rings. The molecule has 2 aromatic carbocycles. The van der Waals surface area contributed by atoms with Crippen LogP contribution in [0.4, 0.5) is 5.69 Å². The second-order valence-corrected chi connectivity index (χ2v) is 7.03. The predicted octanol–water partition coefficient (Wildman–Crippen LogP) is 4.13. The molecule has 120 valence electrons. The molecule has 0 radical (unpaired) electrons. The van der Waals surface area contributed by atoms with E-state index in [2.05, 4.69) is 28.2 Å². The zero-order valence-electron chi connectivity index (χ0n) is 13.0. The highest BCUT2D eigenvalue weighted by molar-refractivity contribution is 9.10. The van der Waals surface area contributed by atoms with Crippen LogP contribution in [0.5, 0.6) is 0 Å². The number of benzene rings is 2. The summed E-state index contributed by atoms with van der Waals surface area (Å²) in [5.41, 5.74) is 2.69. The third kappa shape index (κ3) is 2.36. The minimum Gasteiger partial charge on any atom is -0.343 e. The quantitative estimate of drug-likeness (QED) is 0.724. The average Bonchev–Trinajstić information content (AvgIpc) is 2.87. The maximum absolute atomic E-state index is 12.9. The SMILES string of the molecule is C[C@H]1Cc2cc(Br)cc3c(=O)c(C(=O)Nc4ccccc4)cn1c23. The van der Waals surface area contributed by atoms with Crippen molar-refractivity contribution >= 4 is 38.4 Å². The van der Waals surface area contributed by atoms with Crippen molar-refractivity contribution in [2.45, 2.75) is 19.4 Å². The third-order valence-corrected chi connectivity index (χ3v) is 4.89. The lowest BCUT2D eigenvalue weighted by Crippen LogP contribution is -2.23. The first kappa shape index (κ1) is 15.1. The van der Waals surface area contributed by atoms with Crippen LogP contribution in [0.1, 0.15) is 28.9 Å². The second-order valence-electron chi connectivity index (χ2n) is 6.11. The zero-order valence-corrected chi connectivity index (χ0v) is 14.6. The lowest BCUT2D eigenvalue weighted by molar-refractivity contribution is 0.102. The molecular formula is C19H15BrN2O2. The van der Waals surface area contributed by atoms with Crippen LogP contribution < -0.4 is 10.7 Å². The summed E-state index contributed by atoms with van der Waals surface area (Å²) in [6, 6.07) is 13.2. The molecule has 0 fully saturated rings. The Morgan fingerprint density at radius 2 is 2.00 bits per heavy atom. The number of rotatable bonds is 2. The molecule has 0 unspecified atom stereocenters. The number of hydrogen-bond donors (Lipinski definition) is 1. The molecule has 1 aliphatic heterocycles. The Balaban J connectivity index is 1.88. The highest BCUT2D eigenvalue weighted by Gasteiger charge is 2.25. The lowest BCUT2D eigenvalue weighted by atomic mass is 10.1. The number of halogens is 1. The molecule has 0 aliphatic carbocycles. The molecule has 1 amide bonds. The monoisotopic (exact) mass is 382 g/mol. The van der Waals surface area contributed by atoms with E-state index in [-0.39, 0.29) is 22.9 Å². The maximum Gasteiger partial charge on any atom is 0.261 e. The van der Waals surface area contributed by atoms with Gasteiger partial charge < -0.3 is 9.88 Å². The third-order valence-electron chi connectivity index (χ3n) is 4.44. The molecule has 0 spiro atoms. The molecule has 0 saturated heterocycles. The summed E-state index contributed by atoms with van der Waals surface area (Å²) in [4.78, 5) is 25.5. The number of anilines is 1. The molecule has 24 heavy (non-hydrogen) atoms. The van der Waals surface area contributed by atoms with Crippen LogP contribution in [-0.2, 0) is 6.42 Å². The smallest absolute Gasteiger partial charge is 0.261 e. The number of aromatic nitrogens is 1. The Labute approximate surface area is 147 Å². The van der Waals surface area contributed by atoms with Crippen molar-refractivity contribution in [1.82, 2.24) is 4.57 Å². The van der Waals surface area contributed by atoms with Gasteiger partial charge in [-0.25, -0.2) is 0 Å². The number of pyridine rings is 1. The van der Waals surface area contributed by atoms with E-state index >= 15 is 0 Å². The first-order valence-electron chi connectivity index (χ1n) is 7.78.